The number of benzene rings is 2. The van der Waals surface area contributed by atoms with Gasteiger partial charge in [-0.2, -0.15) is 0 Å². The van der Waals surface area contributed by atoms with E-state index in [0.29, 0.717) is 29.7 Å². The van der Waals surface area contributed by atoms with Crippen molar-refractivity contribution in [3.63, 3.8) is 0 Å². The molecule has 4 rings (SSSR count). The van der Waals surface area contributed by atoms with Crippen LogP contribution in [-0.2, 0) is 6.54 Å². The lowest BCUT2D eigenvalue weighted by atomic mass is 9.93. The maximum absolute atomic E-state index is 13.1. The fourth-order valence-electron chi connectivity index (χ4n) is 4.58. The Labute approximate surface area is 199 Å². The Morgan fingerprint density at radius 1 is 1.21 bits per heavy atom. The molecule has 174 valence electrons. The van der Waals surface area contributed by atoms with Crippen LogP contribution in [-0.4, -0.2) is 45.2 Å². The summed E-state index contributed by atoms with van der Waals surface area (Å²) in [6.45, 7) is 3.69. The van der Waals surface area contributed by atoms with Crippen molar-refractivity contribution in [1.82, 2.24) is 25.5 Å². The van der Waals surface area contributed by atoms with E-state index in [1.165, 1.54) is 38.4 Å². The van der Waals surface area contributed by atoms with E-state index in [0.717, 1.165) is 29.0 Å². The third-order valence-corrected chi connectivity index (χ3v) is 6.35. The number of halogens is 1. The van der Waals surface area contributed by atoms with E-state index in [1.54, 1.807) is 10.7 Å². The number of nitrogens with two attached hydrogens (primary N) is 1. The first-order valence-corrected chi connectivity index (χ1v) is 11.8. The van der Waals surface area contributed by atoms with Gasteiger partial charge in [0.25, 0.3) is 5.91 Å². The molecule has 3 N–H and O–H groups in total. The van der Waals surface area contributed by atoms with E-state index < -0.39 is 0 Å². The first kappa shape index (κ1) is 23.2. The van der Waals surface area contributed by atoms with Crippen molar-refractivity contribution in [2.24, 2.45) is 5.73 Å². The minimum absolute atomic E-state index is 0.140. The van der Waals surface area contributed by atoms with Crippen LogP contribution in [0, 0.1) is 6.92 Å². The number of amides is 1. The van der Waals surface area contributed by atoms with Crippen LogP contribution >= 0.6 is 11.6 Å². The number of hydrogen-bond acceptors (Lipinski definition) is 6. The molecule has 1 fully saturated rings. The van der Waals surface area contributed by atoms with Crippen LogP contribution in [0.3, 0.4) is 0 Å². The molecule has 1 saturated carbocycles. The number of carbonyl (C=O) groups excluding carboxylic acids is 1. The van der Waals surface area contributed by atoms with Gasteiger partial charge in [-0.05, 0) is 77.7 Å². The summed E-state index contributed by atoms with van der Waals surface area (Å²) >= 11 is 6.20. The molecular formula is C24H30ClN7O. The molecule has 9 heteroatoms. The van der Waals surface area contributed by atoms with E-state index in [2.05, 4.69) is 31.8 Å². The molecular weight excluding hydrogens is 438 g/mol. The highest BCUT2D eigenvalue weighted by Crippen LogP contribution is 2.29. The Balaban J connectivity index is 1.53. The van der Waals surface area contributed by atoms with Crippen molar-refractivity contribution in [3.05, 3.63) is 64.4 Å². The van der Waals surface area contributed by atoms with E-state index in [9.17, 15) is 4.79 Å². The van der Waals surface area contributed by atoms with Crippen LogP contribution in [0.5, 0.6) is 0 Å². The average molecular weight is 468 g/mol. The van der Waals surface area contributed by atoms with Gasteiger partial charge < -0.3 is 16.0 Å². The molecule has 1 aromatic heterocycles. The molecule has 1 amide bonds. The number of rotatable bonds is 8. The lowest BCUT2D eigenvalue weighted by molar-refractivity contribution is 0.0951. The normalized spacial score (nSPS) is 14.3. The van der Waals surface area contributed by atoms with Crippen LogP contribution in [0.1, 0.15) is 53.6 Å². The molecule has 0 saturated heterocycles. The molecule has 0 atom stereocenters. The van der Waals surface area contributed by atoms with Gasteiger partial charge >= 0.3 is 0 Å². The SMILES string of the molecule is Cc1cc(C(=O)NCc2cc(Cl)ccc2-n2cnnn2)cc(N(CCN)C2CCCCC2)c1. The molecule has 0 aliphatic heterocycles. The lowest BCUT2D eigenvalue weighted by Crippen LogP contribution is -2.40. The first-order valence-electron chi connectivity index (χ1n) is 11.4. The minimum atomic E-state index is -0.140. The Bertz CT molecular complexity index is 1080. The summed E-state index contributed by atoms with van der Waals surface area (Å²) in [4.78, 5) is 15.5. The quantitative estimate of drug-likeness (QED) is 0.524. The second kappa shape index (κ2) is 10.8. The van der Waals surface area contributed by atoms with Gasteiger partial charge in [0, 0.05) is 41.9 Å². The molecule has 1 heterocycles. The Hall–Kier alpha value is -2.97. The molecule has 1 aliphatic rings. The molecule has 3 aromatic rings. The van der Waals surface area contributed by atoms with Crippen molar-refractivity contribution < 1.29 is 4.79 Å². The van der Waals surface area contributed by atoms with Crippen molar-refractivity contribution in [1.29, 1.82) is 0 Å². The summed E-state index contributed by atoms with van der Waals surface area (Å²) in [7, 11) is 0. The summed E-state index contributed by atoms with van der Waals surface area (Å²) < 4.78 is 1.55. The fraction of sp³-hybridized carbons (Fsp3) is 0.417. The topological polar surface area (TPSA) is 102 Å². The van der Waals surface area contributed by atoms with Gasteiger partial charge in [0.05, 0.1) is 5.69 Å². The summed E-state index contributed by atoms with van der Waals surface area (Å²) in [6, 6.07) is 11.9. The monoisotopic (exact) mass is 467 g/mol. The molecule has 0 spiro atoms. The molecule has 0 unspecified atom stereocenters. The van der Waals surface area contributed by atoms with Crippen molar-refractivity contribution in [2.75, 3.05) is 18.0 Å². The number of aromatic nitrogens is 4. The number of tetrazole rings is 1. The van der Waals surface area contributed by atoms with Crippen LogP contribution in [0.4, 0.5) is 5.69 Å². The second-order valence-corrected chi connectivity index (χ2v) is 8.98. The number of nitrogens with one attached hydrogen (secondary N) is 1. The third-order valence-electron chi connectivity index (χ3n) is 6.12. The van der Waals surface area contributed by atoms with Gasteiger partial charge in [-0.3, -0.25) is 4.79 Å². The zero-order valence-corrected chi connectivity index (χ0v) is 19.6. The number of carbonyl (C=O) groups is 1. The zero-order valence-electron chi connectivity index (χ0n) is 18.9. The van der Waals surface area contributed by atoms with E-state index >= 15 is 0 Å². The Morgan fingerprint density at radius 2 is 2.03 bits per heavy atom. The molecule has 0 radical (unpaired) electrons. The van der Waals surface area contributed by atoms with E-state index in [1.807, 2.05) is 31.2 Å². The molecule has 8 nitrogen and oxygen atoms in total. The van der Waals surface area contributed by atoms with Crippen molar-refractivity contribution in [3.8, 4) is 5.69 Å². The molecule has 2 aromatic carbocycles. The van der Waals surface area contributed by atoms with Crippen LogP contribution in [0.2, 0.25) is 5.02 Å². The standard InChI is InChI=1S/C24H30ClN7O/c1-17-11-18(14-22(12-17)31(10-9-26)21-5-3-2-4-6-21)24(33)27-15-19-13-20(25)7-8-23(19)32-16-28-29-30-32/h7-8,11-14,16,21H,2-6,9-10,15,26H2,1H3,(H,27,33). The van der Waals surface area contributed by atoms with Gasteiger partial charge in [-0.15, -0.1) is 5.10 Å². The van der Waals surface area contributed by atoms with Gasteiger partial charge in [-0.25, -0.2) is 4.68 Å². The Morgan fingerprint density at radius 3 is 2.76 bits per heavy atom. The van der Waals surface area contributed by atoms with Gasteiger partial charge in [0.2, 0.25) is 0 Å². The fourth-order valence-corrected chi connectivity index (χ4v) is 4.78. The molecule has 33 heavy (non-hydrogen) atoms. The highest BCUT2D eigenvalue weighted by Gasteiger charge is 2.22. The van der Waals surface area contributed by atoms with Crippen LogP contribution in [0.25, 0.3) is 5.69 Å². The summed E-state index contributed by atoms with van der Waals surface area (Å²) in [5.74, 6) is -0.140. The minimum Gasteiger partial charge on any atom is -0.367 e. The van der Waals surface area contributed by atoms with Crippen molar-refractivity contribution in [2.45, 2.75) is 51.6 Å². The Kier molecular flexibility index (Phi) is 7.57. The lowest BCUT2D eigenvalue weighted by Gasteiger charge is -2.36. The highest BCUT2D eigenvalue weighted by molar-refractivity contribution is 6.30. The van der Waals surface area contributed by atoms with Crippen molar-refractivity contribution >= 4 is 23.2 Å². The number of hydrogen-bond donors (Lipinski definition) is 2. The zero-order chi connectivity index (χ0) is 23.2. The third kappa shape index (κ3) is 5.69. The smallest absolute Gasteiger partial charge is 0.251 e. The first-order chi connectivity index (χ1) is 16.0. The van der Waals surface area contributed by atoms with Gasteiger partial charge in [-0.1, -0.05) is 30.9 Å². The summed E-state index contributed by atoms with van der Waals surface area (Å²) in [5.41, 5.74) is 10.3. The predicted molar refractivity (Wildman–Crippen MR) is 130 cm³/mol. The van der Waals surface area contributed by atoms with Gasteiger partial charge in [0.1, 0.15) is 6.33 Å². The average Bonchev–Trinajstić information content (AvgIpc) is 3.36. The summed E-state index contributed by atoms with van der Waals surface area (Å²) in [6.07, 6.45) is 7.64. The number of anilines is 1. The van der Waals surface area contributed by atoms with E-state index in [4.69, 9.17) is 17.3 Å². The maximum atomic E-state index is 13.1. The van der Waals surface area contributed by atoms with E-state index in [-0.39, 0.29) is 5.91 Å². The van der Waals surface area contributed by atoms with Gasteiger partial charge in [0.15, 0.2) is 0 Å². The number of aryl methyl sites for hydroxylation is 1. The van der Waals surface area contributed by atoms with Crippen LogP contribution in [0.15, 0.2) is 42.7 Å². The largest absolute Gasteiger partial charge is 0.367 e. The predicted octanol–water partition coefficient (Wildman–Crippen LogP) is 3.65. The second-order valence-electron chi connectivity index (χ2n) is 8.54. The summed E-state index contributed by atoms with van der Waals surface area (Å²) in [5, 5.41) is 14.9. The number of nitrogens with zero attached hydrogens (tertiary/aromatic N) is 5. The molecule has 0 bridgehead atoms. The van der Waals surface area contributed by atoms with Crippen LogP contribution < -0.4 is 16.0 Å². The molecule has 1 aliphatic carbocycles. The maximum Gasteiger partial charge on any atom is 0.251 e. The highest BCUT2D eigenvalue weighted by atomic mass is 35.5.